The zero-order valence-corrected chi connectivity index (χ0v) is 9.95. The lowest BCUT2D eigenvalue weighted by atomic mass is 10.3. The lowest BCUT2D eigenvalue weighted by molar-refractivity contribution is -0.155. The summed E-state index contributed by atoms with van der Waals surface area (Å²) in [6.07, 6.45) is 0. The smallest absolute Gasteiger partial charge is 0.396 e. The van der Waals surface area contributed by atoms with Crippen molar-refractivity contribution in [3.63, 3.8) is 0 Å². The highest BCUT2D eigenvalue weighted by Crippen LogP contribution is 1.87. The molecule has 94 valence electrons. The Labute approximate surface area is 95.2 Å². The summed E-state index contributed by atoms with van der Waals surface area (Å²) < 4.78 is 14.5. The maximum Gasteiger partial charge on any atom is 0.396 e. The van der Waals surface area contributed by atoms with Crippen molar-refractivity contribution in [1.29, 1.82) is 0 Å². The molecule has 0 aromatic carbocycles. The third kappa shape index (κ3) is 7.19. The molecule has 6 heteroatoms. The monoisotopic (exact) mass is 233 g/mol. The van der Waals surface area contributed by atoms with Gasteiger partial charge in [-0.15, -0.1) is 0 Å². The molecule has 6 nitrogen and oxygen atoms in total. The van der Waals surface area contributed by atoms with Crippen LogP contribution < -0.4 is 5.32 Å². The highest BCUT2D eigenvalue weighted by atomic mass is 16.5. The second kappa shape index (κ2) is 9.11. The summed E-state index contributed by atoms with van der Waals surface area (Å²) in [7, 11) is 1.58. The second-order valence-electron chi connectivity index (χ2n) is 3.16. The largest absolute Gasteiger partial charge is 0.459 e. The van der Waals surface area contributed by atoms with Gasteiger partial charge < -0.3 is 19.5 Å². The van der Waals surface area contributed by atoms with Gasteiger partial charge in [0.2, 0.25) is 0 Å². The molecule has 0 saturated heterocycles. The molecule has 0 bridgehead atoms. The molecule has 0 radical (unpaired) electrons. The van der Waals surface area contributed by atoms with Crippen LogP contribution in [0.4, 0.5) is 0 Å². The zero-order valence-electron chi connectivity index (χ0n) is 9.95. The molecule has 0 aromatic rings. The highest BCUT2D eigenvalue weighted by Gasteiger charge is 2.16. The first-order chi connectivity index (χ1) is 7.61. The summed E-state index contributed by atoms with van der Waals surface area (Å²) in [4.78, 5) is 22.1. The number of carbonyl (C=O) groups is 2. The van der Waals surface area contributed by atoms with Gasteiger partial charge in [-0.2, -0.15) is 0 Å². The van der Waals surface area contributed by atoms with Crippen LogP contribution in [0.1, 0.15) is 13.8 Å². The van der Waals surface area contributed by atoms with Crippen LogP contribution in [0.25, 0.3) is 0 Å². The summed E-state index contributed by atoms with van der Waals surface area (Å²) in [5.74, 6) is -1.61. The first-order valence-corrected chi connectivity index (χ1v) is 5.16. The van der Waals surface area contributed by atoms with Gasteiger partial charge in [-0.25, -0.2) is 4.79 Å². The first-order valence-electron chi connectivity index (χ1n) is 5.16. The van der Waals surface area contributed by atoms with E-state index < -0.39 is 11.9 Å². The van der Waals surface area contributed by atoms with Crippen molar-refractivity contribution >= 4 is 11.9 Å². The fraction of sp³-hybridized carbons (Fsp3) is 0.800. The molecule has 0 saturated carbocycles. The molecule has 0 aliphatic carbocycles. The van der Waals surface area contributed by atoms with Crippen LogP contribution in [0.3, 0.4) is 0 Å². The molecule has 1 atom stereocenters. The Hall–Kier alpha value is -1.14. The number of nitrogens with one attached hydrogen (secondary N) is 1. The molecule has 0 aromatic heterocycles. The van der Waals surface area contributed by atoms with Crippen LogP contribution in [-0.4, -0.2) is 51.5 Å². The predicted molar refractivity (Wildman–Crippen MR) is 56.9 cm³/mol. The fourth-order valence-electron chi connectivity index (χ4n) is 0.923. The Morgan fingerprint density at radius 3 is 2.56 bits per heavy atom. The van der Waals surface area contributed by atoms with Gasteiger partial charge in [-0.05, 0) is 13.8 Å². The van der Waals surface area contributed by atoms with Gasteiger partial charge in [0.25, 0.3) is 0 Å². The third-order valence-electron chi connectivity index (χ3n) is 1.64. The number of amides is 1. The second-order valence-corrected chi connectivity index (χ2v) is 3.16. The average molecular weight is 233 g/mol. The SMILES string of the molecule is CCOC(=O)C(=O)NC(C)COCCOC. The molecule has 1 unspecified atom stereocenters. The lowest BCUT2D eigenvalue weighted by Gasteiger charge is -2.13. The van der Waals surface area contributed by atoms with Crippen molar-refractivity contribution in [2.45, 2.75) is 19.9 Å². The average Bonchev–Trinajstić information content (AvgIpc) is 2.24. The lowest BCUT2D eigenvalue weighted by Crippen LogP contribution is -2.41. The van der Waals surface area contributed by atoms with Crippen molar-refractivity contribution in [3.8, 4) is 0 Å². The van der Waals surface area contributed by atoms with Crippen LogP contribution in [0.2, 0.25) is 0 Å². The van der Waals surface area contributed by atoms with Crippen molar-refractivity contribution in [1.82, 2.24) is 5.32 Å². The van der Waals surface area contributed by atoms with Gasteiger partial charge in [-0.1, -0.05) is 0 Å². The Bertz CT molecular complexity index is 219. The molecular weight excluding hydrogens is 214 g/mol. The molecule has 1 N–H and O–H groups in total. The Balaban J connectivity index is 3.65. The van der Waals surface area contributed by atoms with E-state index >= 15 is 0 Å². The number of ether oxygens (including phenoxy) is 3. The van der Waals surface area contributed by atoms with Crippen molar-refractivity contribution < 1.29 is 23.8 Å². The van der Waals surface area contributed by atoms with E-state index in [1.807, 2.05) is 0 Å². The first kappa shape index (κ1) is 14.9. The zero-order chi connectivity index (χ0) is 12.4. The van der Waals surface area contributed by atoms with Crippen molar-refractivity contribution in [2.75, 3.05) is 33.5 Å². The van der Waals surface area contributed by atoms with Crippen molar-refractivity contribution in [3.05, 3.63) is 0 Å². The number of methoxy groups -OCH3 is 1. The van der Waals surface area contributed by atoms with Gasteiger partial charge in [-0.3, -0.25) is 4.79 Å². The summed E-state index contributed by atoms with van der Waals surface area (Å²) >= 11 is 0. The normalized spacial score (nSPS) is 11.9. The Kier molecular flexibility index (Phi) is 8.46. The van der Waals surface area contributed by atoms with Gasteiger partial charge >= 0.3 is 11.9 Å². The summed E-state index contributed by atoms with van der Waals surface area (Å²) in [5.41, 5.74) is 0. The minimum Gasteiger partial charge on any atom is -0.459 e. The highest BCUT2D eigenvalue weighted by molar-refractivity contribution is 6.32. The number of esters is 1. The fourth-order valence-corrected chi connectivity index (χ4v) is 0.923. The molecule has 0 heterocycles. The molecule has 0 fully saturated rings. The number of hydrogen-bond acceptors (Lipinski definition) is 5. The number of rotatable bonds is 7. The van der Waals surface area contributed by atoms with E-state index in [1.54, 1.807) is 21.0 Å². The molecule has 0 spiro atoms. The summed E-state index contributed by atoms with van der Waals surface area (Å²) in [5, 5.41) is 2.46. The Morgan fingerprint density at radius 2 is 2.00 bits per heavy atom. The molecule has 0 rings (SSSR count). The van der Waals surface area contributed by atoms with E-state index in [-0.39, 0.29) is 12.6 Å². The van der Waals surface area contributed by atoms with E-state index in [0.29, 0.717) is 19.8 Å². The van der Waals surface area contributed by atoms with Crippen molar-refractivity contribution in [2.24, 2.45) is 0 Å². The summed E-state index contributed by atoms with van der Waals surface area (Å²) in [6, 6.07) is -0.242. The molecule has 1 amide bonds. The minimum absolute atomic E-state index is 0.185. The van der Waals surface area contributed by atoms with Gasteiger partial charge in [0.1, 0.15) is 0 Å². The molecule has 0 aliphatic rings. The maximum atomic E-state index is 11.2. The van der Waals surface area contributed by atoms with Gasteiger partial charge in [0.05, 0.1) is 26.4 Å². The van der Waals surface area contributed by atoms with E-state index in [2.05, 4.69) is 10.1 Å². The summed E-state index contributed by atoms with van der Waals surface area (Å²) in [6.45, 7) is 4.85. The molecule has 0 aliphatic heterocycles. The predicted octanol–water partition coefficient (Wildman–Crippen LogP) is -0.283. The third-order valence-corrected chi connectivity index (χ3v) is 1.64. The number of hydrogen-bond donors (Lipinski definition) is 1. The molecular formula is C10H19NO5. The van der Waals surface area contributed by atoms with E-state index in [1.165, 1.54) is 0 Å². The van der Waals surface area contributed by atoms with Gasteiger partial charge in [0, 0.05) is 13.2 Å². The van der Waals surface area contributed by atoms with E-state index in [0.717, 1.165) is 0 Å². The quantitative estimate of drug-likeness (QED) is 0.372. The molecule has 16 heavy (non-hydrogen) atoms. The van der Waals surface area contributed by atoms with Gasteiger partial charge in [0.15, 0.2) is 0 Å². The van der Waals surface area contributed by atoms with E-state index in [9.17, 15) is 9.59 Å². The number of carbonyl (C=O) groups excluding carboxylic acids is 2. The minimum atomic E-state index is -0.869. The maximum absolute atomic E-state index is 11.2. The van der Waals surface area contributed by atoms with Crippen LogP contribution in [0, 0.1) is 0 Å². The van der Waals surface area contributed by atoms with E-state index in [4.69, 9.17) is 9.47 Å². The Morgan fingerprint density at radius 1 is 1.31 bits per heavy atom. The van der Waals surface area contributed by atoms with Crippen LogP contribution >= 0.6 is 0 Å². The van der Waals surface area contributed by atoms with Crippen LogP contribution in [-0.2, 0) is 23.8 Å². The van der Waals surface area contributed by atoms with Crippen LogP contribution in [0.5, 0.6) is 0 Å². The topological polar surface area (TPSA) is 73.9 Å². The standard InChI is InChI=1S/C10H19NO5/c1-4-16-10(13)9(12)11-8(2)7-15-6-5-14-3/h8H,4-7H2,1-3H3,(H,11,12). The van der Waals surface area contributed by atoms with Crippen LogP contribution in [0.15, 0.2) is 0 Å².